The van der Waals surface area contributed by atoms with Gasteiger partial charge in [-0.1, -0.05) is 24.3 Å². The Hall–Kier alpha value is -2.40. The normalized spacial score (nSPS) is 11.9. The molecule has 0 spiro atoms. The molecule has 0 saturated heterocycles. The van der Waals surface area contributed by atoms with Crippen LogP contribution in [0.4, 0.5) is 0 Å². The molecule has 1 heterocycles. The van der Waals surface area contributed by atoms with Crippen molar-refractivity contribution in [1.82, 2.24) is 10.6 Å². The van der Waals surface area contributed by atoms with E-state index in [0.29, 0.717) is 5.56 Å². The lowest BCUT2D eigenvalue weighted by molar-refractivity contribution is -0.119. The summed E-state index contributed by atoms with van der Waals surface area (Å²) in [4.78, 5) is 25.7. The standard InChI is InChI=1S/C18H20N2O2S/c1-18(2,3)20-17(22)15(12-14-10-7-11-23-14)19-16(21)13-8-5-4-6-9-13/h4-12H,1-3H3,(H,19,21)(H,20,22). The molecule has 0 saturated carbocycles. The fourth-order valence-electron chi connectivity index (χ4n) is 1.87. The number of thiophene rings is 1. The zero-order valence-corrected chi connectivity index (χ0v) is 14.2. The van der Waals surface area contributed by atoms with Crippen LogP contribution in [0.3, 0.4) is 0 Å². The van der Waals surface area contributed by atoms with Crippen LogP contribution in [0, 0.1) is 0 Å². The van der Waals surface area contributed by atoms with Crippen LogP contribution in [0.5, 0.6) is 0 Å². The van der Waals surface area contributed by atoms with Crippen molar-refractivity contribution in [3.8, 4) is 0 Å². The second kappa shape index (κ2) is 7.24. The van der Waals surface area contributed by atoms with Gasteiger partial charge in [0, 0.05) is 16.0 Å². The van der Waals surface area contributed by atoms with Crippen molar-refractivity contribution >= 4 is 29.2 Å². The highest BCUT2D eigenvalue weighted by Crippen LogP contribution is 2.14. The highest BCUT2D eigenvalue weighted by Gasteiger charge is 2.19. The monoisotopic (exact) mass is 328 g/mol. The lowest BCUT2D eigenvalue weighted by Crippen LogP contribution is -2.44. The van der Waals surface area contributed by atoms with Gasteiger partial charge in [0.05, 0.1) is 0 Å². The number of nitrogens with one attached hydrogen (secondary N) is 2. The number of benzene rings is 1. The third-order valence-electron chi connectivity index (χ3n) is 2.85. The summed E-state index contributed by atoms with van der Waals surface area (Å²) in [5.74, 6) is -0.618. The first-order chi connectivity index (χ1) is 10.8. The van der Waals surface area contributed by atoms with E-state index in [1.807, 2.05) is 44.4 Å². The zero-order valence-electron chi connectivity index (χ0n) is 13.4. The average molecular weight is 328 g/mol. The lowest BCUT2D eigenvalue weighted by atomic mass is 10.1. The Morgan fingerprint density at radius 1 is 1.04 bits per heavy atom. The van der Waals surface area contributed by atoms with E-state index in [-0.39, 0.29) is 23.1 Å². The predicted octanol–water partition coefficient (Wildman–Crippen LogP) is 3.43. The third-order valence-corrected chi connectivity index (χ3v) is 3.67. The molecule has 0 fully saturated rings. The molecule has 2 amide bonds. The zero-order chi connectivity index (χ0) is 16.9. The Morgan fingerprint density at radius 3 is 2.30 bits per heavy atom. The number of carbonyl (C=O) groups is 2. The highest BCUT2D eigenvalue weighted by atomic mass is 32.1. The molecule has 0 aliphatic carbocycles. The molecule has 0 aliphatic rings. The van der Waals surface area contributed by atoms with Crippen molar-refractivity contribution in [3.63, 3.8) is 0 Å². The molecule has 0 bridgehead atoms. The van der Waals surface area contributed by atoms with Crippen LogP contribution in [0.1, 0.15) is 36.0 Å². The maximum atomic E-state index is 12.5. The number of carbonyl (C=O) groups excluding carboxylic acids is 2. The fourth-order valence-corrected chi connectivity index (χ4v) is 2.52. The molecule has 0 radical (unpaired) electrons. The highest BCUT2D eigenvalue weighted by molar-refractivity contribution is 7.10. The molecule has 1 aromatic carbocycles. The lowest BCUT2D eigenvalue weighted by Gasteiger charge is -2.21. The third kappa shape index (κ3) is 5.38. The number of rotatable bonds is 4. The molecule has 0 aliphatic heterocycles. The van der Waals surface area contributed by atoms with Crippen LogP contribution in [-0.4, -0.2) is 17.4 Å². The molecule has 2 rings (SSSR count). The molecular weight excluding hydrogens is 308 g/mol. The largest absolute Gasteiger partial charge is 0.346 e. The van der Waals surface area contributed by atoms with Gasteiger partial charge in [0.25, 0.3) is 11.8 Å². The molecule has 2 aromatic rings. The van der Waals surface area contributed by atoms with Gasteiger partial charge >= 0.3 is 0 Å². The first-order valence-electron chi connectivity index (χ1n) is 7.29. The van der Waals surface area contributed by atoms with E-state index >= 15 is 0 Å². The molecule has 23 heavy (non-hydrogen) atoms. The number of hydrogen-bond acceptors (Lipinski definition) is 3. The average Bonchev–Trinajstić information content (AvgIpc) is 2.98. The van der Waals surface area contributed by atoms with E-state index in [2.05, 4.69) is 10.6 Å². The Bertz CT molecular complexity index is 698. The van der Waals surface area contributed by atoms with Gasteiger partial charge in [-0.25, -0.2) is 0 Å². The van der Waals surface area contributed by atoms with Crippen molar-refractivity contribution in [1.29, 1.82) is 0 Å². The molecule has 0 atom stereocenters. The van der Waals surface area contributed by atoms with Gasteiger partial charge in [0.1, 0.15) is 5.70 Å². The summed E-state index contributed by atoms with van der Waals surface area (Å²) in [5.41, 5.74) is 0.354. The van der Waals surface area contributed by atoms with E-state index in [0.717, 1.165) is 4.88 Å². The molecule has 120 valence electrons. The van der Waals surface area contributed by atoms with Crippen LogP contribution in [0.25, 0.3) is 6.08 Å². The Labute approximate surface area is 140 Å². The molecule has 0 unspecified atom stereocenters. The summed E-state index contributed by atoms with van der Waals surface area (Å²) in [6.07, 6.45) is 1.69. The summed E-state index contributed by atoms with van der Waals surface area (Å²) < 4.78 is 0. The second-order valence-electron chi connectivity index (χ2n) is 6.10. The van der Waals surface area contributed by atoms with E-state index in [1.165, 1.54) is 11.3 Å². The summed E-state index contributed by atoms with van der Waals surface area (Å²) in [6.45, 7) is 5.69. The van der Waals surface area contributed by atoms with Gasteiger partial charge in [-0.05, 0) is 50.4 Å². The van der Waals surface area contributed by atoms with Crippen LogP contribution < -0.4 is 10.6 Å². The van der Waals surface area contributed by atoms with E-state index in [4.69, 9.17) is 0 Å². The Kier molecular flexibility index (Phi) is 5.34. The number of hydrogen-bond donors (Lipinski definition) is 2. The van der Waals surface area contributed by atoms with Gasteiger partial charge in [-0.2, -0.15) is 0 Å². The Balaban J connectivity index is 2.24. The number of amides is 2. The topological polar surface area (TPSA) is 58.2 Å². The van der Waals surface area contributed by atoms with Crippen molar-refractivity contribution < 1.29 is 9.59 Å². The molecule has 5 heteroatoms. The van der Waals surface area contributed by atoms with E-state index in [9.17, 15) is 9.59 Å². The van der Waals surface area contributed by atoms with E-state index in [1.54, 1.807) is 30.3 Å². The summed E-state index contributed by atoms with van der Waals surface area (Å²) >= 11 is 1.50. The first-order valence-corrected chi connectivity index (χ1v) is 8.17. The Morgan fingerprint density at radius 2 is 1.74 bits per heavy atom. The van der Waals surface area contributed by atoms with E-state index < -0.39 is 0 Å². The maximum absolute atomic E-state index is 12.5. The minimum Gasteiger partial charge on any atom is -0.346 e. The van der Waals surface area contributed by atoms with Crippen LogP contribution >= 0.6 is 11.3 Å². The molecule has 2 N–H and O–H groups in total. The van der Waals surface area contributed by atoms with Crippen molar-refractivity contribution in [2.24, 2.45) is 0 Å². The van der Waals surface area contributed by atoms with Gasteiger partial charge in [-0.15, -0.1) is 11.3 Å². The molecular formula is C18H20N2O2S. The quantitative estimate of drug-likeness (QED) is 0.845. The predicted molar refractivity (Wildman–Crippen MR) is 94.1 cm³/mol. The minimum atomic E-state index is -0.386. The second-order valence-corrected chi connectivity index (χ2v) is 7.08. The van der Waals surface area contributed by atoms with Crippen molar-refractivity contribution in [2.45, 2.75) is 26.3 Å². The molecule has 4 nitrogen and oxygen atoms in total. The first kappa shape index (κ1) is 17.0. The van der Waals surface area contributed by atoms with Crippen molar-refractivity contribution in [3.05, 3.63) is 64.0 Å². The summed E-state index contributed by atoms with van der Waals surface area (Å²) in [6, 6.07) is 12.6. The SMILES string of the molecule is CC(C)(C)NC(=O)C(=Cc1cccs1)NC(=O)c1ccccc1. The van der Waals surface area contributed by atoms with Gasteiger partial charge in [-0.3, -0.25) is 9.59 Å². The van der Waals surface area contributed by atoms with Gasteiger partial charge in [0.15, 0.2) is 0 Å². The maximum Gasteiger partial charge on any atom is 0.268 e. The van der Waals surface area contributed by atoms with Crippen LogP contribution in [0.15, 0.2) is 53.5 Å². The van der Waals surface area contributed by atoms with Crippen molar-refractivity contribution in [2.75, 3.05) is 0 Å². The molecule has 1 aromatic heterocycles. The fraction of sp³-hybridized carbons (Fsp3) is 0.222. The van der Waals surface area contributed by atoms with Crippen LogP contribution in [-0.2, 0) is 4.79 Å². The summed E-state index contributed by atoms with van der Waals surface area (Å²) in [7, 11) is 0. The minimum absolute atomic E-state index is 0.233. The smallest absolute Gasteiger partial charge is 0.268 e. The van der Waals surface area contributed by atoms with Crippen LogP contribution in [0.2, 0.25) is 0 Å². The van der Waals surface area contributed by atoms with Gasteiger partial charge in [0.2, 0.25) is 0 Å². The summed E-state index contributed by atoms with van der Waals surface area (Å²) in [5, 5.41) is 7.50. The van der Waals surface area contributed by atoms with Gasteiger partial charge < -0.3 is 10.6 Å².